The summed E-state index contributed by atoms with van der Waals surface area (Å²) < 4.78 is 1.96. The minimum absolute atomic E-state index is 0.385. The lowest BCUT2D eigenvalue weighted by Gasteiger charge is -2.10. The molecular formula is C22H14Cl2N6S2. The zero-order chi connectivity index (χ0) is 21.9. The van der Waals surface area contributed by atoms with Gasteiger partial charge >= 0.3 is 0 Å². The van der Waals surface area contributed by atoms with Gasteiger partial charge in [0.05, 0.1) is 10.2 Å². The van der Waals surface area contributed by atoms with Crippen LogP contribution in [-0.4, -0.2) is 19.9 Å². The predicted molar refractivity (Wildman–Crippen MR) is 133 cm³/mol. The molecule has 2 N–H and O–H groups in total. The predicted octanol–water partition coefficient (Wildman–Crippen LogP) is 7.43. The van der Waals surface area contributed by atoms with Gasteiger partial charge in [0.15, 0.2) is 4.34 Å². The van der Waals surface area contributed by atoms with Crippen molar-refractivity contribution in [2.75, 3.05) is 10.6 Å². The highest BCUT2D eigenvalue weighted by atomic mass is 35.5. The molecule has 0 atom stereocenters. The van der Waals surface area contributed by atoms with Crippen LogP contribution >= 0.6 is 46.3 Å². The third-order valence-corrected chi connectivity index (χ3v) is 6.66. The number of fused-ring (bicyclic) bond motifs is 1. The summed E-state index contributed by atoms with van der Waals surface area (Å²) in [6, 6.07) is 22.7. The second kappa shape index (κ2) is 9.30. The van der Waals surface area contributed by atoms with Gasteiger partial charge in [0.25, 0.3) is 0 Å². The number of nitrogens with zero attached hydrogens (tertiary/aromatic N) is 4. The maximum Gasteiger partial charge on any atom is 0.233 e. The molecule has 0 bridgehead atoms. The second-order valence-electron chi connectivity index (χ2n) is 6.59. The van der Waals surface area contributed by atoms with Crippen LogP contribution in [0.3, 0.4) is 0 Å². The van der Waals surface area contributed by atoms with Crippen molar-refractivity contribution in [1.82, 2.24) is 19.9 Å². The third kappa shape index (κ3) is 5.11. The average Bonchev–Trinajstić information content (AvgIpc) is 3.16. The van der Waals surface area contributed by atoms with Crippen molar-refractivity contribution in [2.45, 2.75) is 9.50 Å². The molecule has 0 amide bonds. The summed E-state index contributed by atoms with van der Waals surface area (Å²) in [5.41, 5.74) is 2.49. The zero-order valence-corrected chi connectivity index (χ0v) is 19.4. The van der Waals surface area contributed by atoms with E-state index in [0.29, 0.717) is 27.1 Å². The number of benzene rings is 3. The molecule has 0 aliphatic carbocycles. The smallest absolute Gasteiger partial charge is 0.233 e. The molecule has 0 aliphatic heterocycles. The van der Waals surface area contributed by atoms with E-state index in [4.69, 9.17) is 23.2 Å². The van der Waals surface area contributed by atoms with Crippen molar-refractivity contribution in [2.24, 2.45) is 0 Å². The Kier molecular flexibility index (Phi) is 6.09. The Labute approximate surface area is 202 Å². The lowest BCUT2D eigenvalue weighted by molar-refractivity contribution is 0.919. The summed E-state index contributed by atoms with van der Waals surface area (Å²) in [4.78, 5) is 18.3. The monoisotopic (exact) mass is 496 g/mol. The summed E-state index contributed by atoms with van der Waals surface area (Å²) in [5.74, 6) is 0.769. The molecule has 5 rings (SSSR count). The van der Waals surface area contributed by atoms with Crippen LogP contribution in [-0.2, 0) is 0 Å². The van der Waals surface area contributed by atoms with Gasteiger partial charge in [-0.05, 0) is 60.3 Å². The first kappa shape index (κ1) is 21.0. The topological polar surface area (TPSA) is 75.6 Å². The molecular weight excluding hydrogens is 483 g/mol. The van der Waals surface area contributed by atoms with Crippen LogP contribution in [0, 0.1) is 0 Å². The first-order valence-corrected chi connectivity index (χ1v) is 11.8. The van der Waals surface area contributed by atoms with Gasteiger partial charge in [0, 0.05) is 21.4 Å². The third-order valence-electron chi connectivity index (χ3n) is 4.23. The van der Waals surface area contributed by atoms with Crippen molar-refractivity contribution >= 4 is 79.8 Å². The molecule has 2 heterocycles. The fraction of sp³-hybridized carbons (Fsp3) is 0. The van der Waals surface area contributed by atoms with E-state index >= 15 is 0 Å². The van der Waals surface area contributed by atoms with Crippen LogP contribution in [0.4, 0.5) is 23.3 Å². The van der Waals surface area contributed by atoms with Crippen LogP contribution < -0.4 is 10.6 Å². The molecule has 0 spiro atoms. The fourth-order valence-corrected chi connectivity index (χ4v) is 5.18. The molecule has 0 radical (unpaired) electrons. The highest BCUT2D eigenvalue weighted by molar-refractivity contribution is 8.01. The molecule has 10 heteroatoms. The summed E-state index contributed by atoms with van der Waals surface area (Å²) in [6.45, 7) is 0. The Morgan fingerprint density at radius 1 is 0.688 bits per heavy atom. The SMILES string of the molecule is Clc1cccc(Nc2nc(Nc3cccc(Cl)c3)nc(Sc3nc4ccccc4s3)n2)c1. The van der Waals surface area contributed by atoms with Crippen LogP contribution in [0.5, 0.6) is 0 Å². The number of aromatic nitrogens is 4. The van der Waals surface area contributed by atoms with Gasteiger partial charge < -0.3 is 10.6 Å². The first-order chi connectivity index (χ1) is 15.6. The van der Waals surface area contributed by atoms with Gasteiger partial charge in [0.1, 0.15) is 0 Å². The minimum Gasteiger partial charge on any atom is -0.324 e. The molecule has 0 unspecified atom stereocenters. The van der Waals surface area contributed by atoms with Crippen molar-refractivity contribution in [1.29, 1.82) is 0 Å². The van der Waals surface area contributed by atoms with E-state index in [0.717, 1.165) is 25.9 Å². The van der Waals surface area contributed by atoms with E-state index < -0.39 is 0 Å². The Balaban J connectivity index is 1.48. The number of para-hydroxylation sites is 1. The molecule has 5 aromatic rings. The van der Waals surface area contributed by atoms with Crippen molar-refractivity contribution in [3.8, 4) is 0 Å². The lowest BCUT2D eigenvalue weighted by Crippen LogP contribution is -2.05. The number of nitrogens with one attached hydrogen (secondary N) is 2. The van der Waals surface area contributed by atoms with Gasteiger partial charge in [0.2, 0.25) is 17.1 Å². The normalized spacial score (nSPS) is 10.9. The van der Waals surface area contributed by atoms with Gasteiger partial charge in [-0.1, -0.05) is 47.5 Å². The molecule has 0 saturated heterocycles. The lowest BCUT2D eigenvalue weighted by atomic mass is 10.3. The van der Waals surface area contributed by atoms with Crippen LogP contribution in [0.25, 0.3) is 10.2 Å². The number of hydrogen-bond acceptors (Lipinski definition) is 8. The van der Waals surface area contributed by atoms with E-state index in [1.807, 2.05) is 48.5 Å². The molecule has 0 saturated carbocycles. The maximum absolute atomic E-state index is 6.11. The summed E-state index contributed by atoms with van der Waals surface area (Å²) in [6.07, 6.45) is 0. The van der Waals surface area contributed by atoms with E-state index in [9.17, 15) is 0 Å². The number of rotatable bonds is 6. The molecule has 3 aromatic carbocycles. The van der Waals surface area contributed by atoms with Crippen LogP contribution in [0.15, 0.2) is 82.3 Å². The molecule has 0 fully saturated rings. The summed E-state index contributed by atoms with van der Waals surface area (Å²) in [7, 11) is 0. The van der Waals surface area contributed by atoms with Crippen molar-refractivity contribution in [3.05, 3.63) is 82.8 Å². The van der Waals surface area contributed by atoms with Crippen LogP contribution in [0.1, 0.15) is 0 Å². The number of halogens is 2. The fourth-order valence-electron chi connectivity index (χ4n) is 2.88. The zero-order valence-electron chi connectivity index (χ0n) is 16.3. The average molecular weight is 497 g/mol. The van der Waals surface area contributed by atoms with Crippen LogP contribution in [0.2, 0.25) is 10.0 Å². The molecule has 2 aromatic heterocycles. The Morgan fingerprint density at radius 3 is 1.91 bits per heavy atom. The largest absolute Gasteiger partial charge is 0.324 e. The van der Waals surface area contributed by atoms with E-state index in [2.05, 4.69) is 30.6 Å². The van der Waals surface area contributed by atoms with Gasteiger partial charge in [-0.15, -0.1) is 11.3 Å². The van der Waals surface area contributed by atoms with Gasteiger partial charge in [-0.2, -0.15) is 15.0 Å². The van der Waals surface area contributed by atoms with E-state index in [-0.39, 0.29) is 0 Å². The first-order valence-electron chi connectivity index (χ1n) is 9.45. The molecule has 158 valence electrons. The van der Waals surface area contributed by atoms with Crippen molar-refractivity contribution in [3.63, 3.8) is 0 Å². The number of thiazole rings is 1. The second-order valence-corrected chi connectivity index (χ2v) is 9.70. The Bertz CT molecular complexity index is 1310. The standard InChI is InChI=1S/C22H14Cl2N6S2/c23-13-5-3-7-15(11-13)25-19-28-20(26-16-8-4-6-14(24)12-16)30-21(29-19)32-22-27-17-9-1-2-10-18(17)31-22/h1-12H,(H2,25,26,28,29,30). The summed E-state index contributed by atoms with van der Waals surface area (Å²) in [5, 5.41) is 8.12. The number of anilines is 4. The van der Waals surface area contributed by atoms with E-state index in [1.54, 1.807) is 35.6 Å². The molecule has 0 aliphatic rings. The molecule has 32 heavy (non-hydrogen) atoms. The summed E-state index contributed by atoms with van der Waals surface area (Å²) >= 11 is 15.2. The minimum atomic E-state index is 0.385. The Morgan fingerprint density at radius 2 is 1.31 bits per heavy atom. The maximum atomic E-state index is 6.11. The van der Waals surface area contributed by atoms with Gasteiger partial charge in [-0.3, -0.25) is 0 Å². The quantitative estimate of drug-likeness (QED) is 0.253. The number of hydrogen-bond donors (Lipinski definition) is 2. The molecule has 6 nitrogen and oxygen atoms in total. The van der Waals surface area contributed by atoms with Gasteiger partial charge in [-0.25, -0.2) is 4.98 Å². The van der Waals surface area contributed by atoms with E-state index in [1.165, 1.54) is 11.8 Å². The Hall–Kier alpha value is -2.91. The van der Waals surface area contributed by atoms with Crippen molar-refractivity contribution < 1.29 is 0 Å². The highest BCUT2D eigenvalue weighted by Crippen LogP contribution is 2.34. The highest BCUT2D eigenvalue weighted by Gasteiger charge is 2.12.